The number of nitrogen functional groups attached to an aromatic ring is 1. The van der Waals surface area contributed by atoms with Crippen molar-refractivity contribution in [3.05, 3.63) is 53.1 Å². The lowest BCUT2D eigenvalue weighted by Crippen LogP contribution is -2.45. The van der Waals surface area contributed by atoms with E-state index >= 15 is 0 Å². The molecule has 0 atom stereocenters. The molecule has 0 amide bonds. The molecule has 0 aliphatic carbocycles. The highest BCUT2D eigenvalue weighted by Crippen LogP contribution is 2.28. The predicted molar refractivity (Wildman–Crippen MR) is 122 cm³/mol. The van der Waals surface area contributed by atoms with Crippen LogP contribution in [-0.4, -0.2) is 43.1 Å². The van der Waals surface area contributed by atoms with E-state index in [-0.39, 0.29) is 13.2 Å². The summed E-state index contributed by atoms with van der Waals surface area (Å²) in [7, 11) is 0. The maximum absolute atomic E-state index is 9.76. The van der Waals surface area contributed by atoms with Crippen molar-refractivity contribution in [2.45, 2.75) is 39.5 Å². The summed E-state index contributed by atoms with van der Waals surface area (Å²) in [6.45, 7) is 6.06. The van der Waals surface area contributed by atoms with Crippen molar-refractivity contribution in [1.82, 2.24) is 0 Å². The fourth-order valence-corrected chi connectivity index (χ4v) is 3.61. The van der Waals surface area contributed by atoms with Gasteiger partial charge >= 0.3 is 0 Å². The number of anilines is 3. The molecule has 2 aromatic carbocycles. The minimum atomic E-state index is 0.0238. The number of benzene rings is 2. The van der Waals surface area contributed by atoms with E-state index in [2.05, 4.69) is 48.1 Å². The van der Waals surface area contributed by atoms with Gasteiger partial charge in [0.25, 0.3) is 0 Å². The Balaban J connectivity index is 2.45. The van der Waals surface area contributed by atoms with E-state index in [1.807, 2.05) is 12.1 Å². The highest BCUT2D eigenvalue weighted by molar-refractivity contribution is 5.63. The van der Waals surface area contributed by atoms with Crippen LogP contribution in [0.15, 0.2) is 36.4 Å². The van der Waals surface area contributed by atoms with Crippen molar-refractivity contribution in [2.75, 3.05) is 48.6 Å². The fraction of sp³-hybridized carbons (Fsp3) is 0.478. The normalized spacial score (nSPS) is 10.9. The largest absolute Gasteiger partial charge is 0.399 e. The van der Waals surface area contributed by atoms with Crippen LogP contribution in [0.4, 0.5) is 17.1 Å². The highest BCUT2D eigenvalue weighted by Gasteiger charge is 2.18. The van der Waals surface area contributed by atoms with Crippen LogP contribution in [0.3, 0.4) is 0 Å². The Labute approximate surface area is 174 Å². The lowest BCUT2D eigenvalue weighted by molar-refractivity contribution is 0.285. The SMILES string of the molecule is CCCc1cc(N(CCCO)N(CCO)c2ccc(CCN)c(C)c2)ccc1N. The molecule has 0 heterocycles. The van der Waals surface area contributed by atoms with E-state index in [1.165, 1.54) is 11.1 Å². The van der Waals surface area contributed by atoms with Crippen LogP contribution >= 0.6 is 0 Å². The van der Waals surface area contributed by atoms with Gasteiger partial charge in [0.15, 0.2) is 0 Å². The summed E-state index contributed by atoms with van der Waals surface area (Å²) in [6.07, 6.45) is 3.41. The van der Waals surface area contributed by atoms with E-state index in [9.17, 15) is 10.2 Å². The van der Waals surface area contributed by atoms with Crippen molar-refractivity contribution >= 4 is 17.1 Å². The van der Waals surface area contributed by atoms with Crippen LogP contribution in [-0.2, 0) is 12.8 Å². The molecule has 6 heteroatoms. The molecule has 29 heavy (non-hydrogen) atoms. The average molecular weight is 401 g/mol. The first-order valence-electron chi connectivity index (χ1n) is 10.5. The van der Waals surface area contributed by atoms with Gasteiger partial charge in [-0.05, 0) is 79.8 Å². The Morgan fingerprint density at radius 3 is 2.17 bits per heavy atom. The smallest absolute Gasteiger partial charge is 0.0628 e. The summed E-state index contributed by atoms with van der Waals surface area (Å²) < 4.78 is 0. The molecule has 0 aromatic heterocycles. The maximum Gasteiger partial charge on any atom is 0.0628 e. The van der Waals surface area contributed by atoms with Crippen molar-refractivity contribution < 1.29 is 10.2 Å². The Kier molecular flexibility index (Phi) is 9.25. The topological polar surface area (TPSA) is 99.0 Å². The minimum absolute atomic E-state index is 0.0238. The van der Waals surface area contributed by atoms with E-state index in [0.29, 0.717) is 26.1 Å². The number of hydrazine groups is 1. The summed E-state index contributed by atoms with van der Waals surface area (Å²) in [6, 6.07) is 12.4. The van der Waals surface area contributed by atoms with Crippen LogP contribution in [0.1, 0.15) is 36.5 Å². The van der Waals surface area contributed by atoms with Crippen LogP contribution in [0.25, 0.3) is 0 Å². The molecule has 0 saturated heterocycles. The van der Waals surface area contributed by atoms with Gasteiger partial charge in [0.1, 0.15) is 0 Å². The van der Waals surface area contributed by atoms with Crippen LogP contribution in [0.5, 0.6) is 0 Å². The number of rotatable bonds is 12. The number of aryl methyl sites for hydroxylation is 2. The summed E-state index contributed by atoms with van der Waals surface area (Å²) in [5.74, 6) is 0. The number of hydrogen-bond donors (Lipinski definition) is 4. The lowest BCUT2D eigenvalue weighted by atomic mass is 10.0. The van der Waals surface area contributed by atoms with Gasteiger partial charge in [-0.2, -0.15) is 0 Å². The Morgan fingerprint density at radius 2 is 1.55 bits per heavy atom. The van der Waals surface area contributed by atoms with Crippen LogP contribution in [0, 0.1) is 6.92 Å². The second kappa shape index (κ2) is 11.7. The molecule has 0 aliphatic heterocycles. The second-order valence-corrected chi connectivity index (χ2v) is 7.33. The van der Waals surface area contributed by atoms with Gasteiger partial charge in [-0.1, -0.05) is 19.4 Å². The van der Waals surface area contributed by atoms with E-state index in [1.54, 1.807) is 0 Å². The molecule has 0 unspecified atom stereocenters. The van der Waals surface area contributed by atoms with Crippen molar-refractivity contribution in [2.24, 2.45) is 5.73 Å². The molecule has 0 spiro atoms. The monoisotopic (exact) mass is 400 g/mol. The third kappa shape index (κ3) is 6.10. The lowest BCUT2D eigenvalue weighted by Gasteiger charge is -2.38. The second-order valence-electron chi connectivity index (χ2n) is 7.33. The number of hydrogen-bond acceptors (Lipinski definition) is 6. The molecule has 0 fully saturated rings. The zero-order chi connectivity index (χ0) is 21.2. The van der Waals surface area contributed by atoms with Crippen LogP contribution in [0.2, 0.25) is 0 Å². The molecule has 2 aromatic rings. The van der Waals surface area contributed by atoms with E-state index in [0.717, 1.165) is 41.9 Å². The van der Waals surface area contributed by atoms with E-state index in [4.69, 9.17) is 11.5 Å². The van der Waals surface area contributed by atoms with Gasteiger partial charge in [-0.25, -0.2) is 0 Å². The average Bonchev–Trinajstić information content (AvgIpc) is 2.71. The summed E-state index contributed by atoms with van der Waals surface area (Å²) >= 11 is 0. The molecule has 0 bridgehead atoms. The zero-order valence-electron chi connectivity index (χ0n) is 17.8. The number of nitrogens with two attached hydrogens (primary N) is 2. The van der Waals surface area contributed by atoms with Gasteiger partial charge < -0.3 is 21.7 Å². The van der Waals surface area contributed by atoms with Crippen LogP contribution < -0.4 is 21.5 Å². The van der Waals surface area contributed by atoms with Gasteiger partial charge in [0.2, 0.25) is 0 Å². The quantitative estimate of drug-likeness (QED) is 0.323. The molecule has 160 valence electrons. The third-order valence-electron chi connectivity index (χ3n) is 5.11. The molecular weight excluding hydrogens is 364 g/mol. The predicted octanol–water partition coefficient (Wildman–Crippen LogP) is 2.63. The summed E-state index contributed by atoms with van der Waals surface area (Å²) in [5, 5.41) is 23.4. The van der Waals surface area contributed by atoms with Gasteiger partial charge in [0.05, 0.1) is 24.5 Å². The van der Waals surface area contributed by atoms with Crippen molar-refractivity contribution in [3.8, 4) is 0 Å². The van der Waals surface area contributed by atoms with Gasteiger partial charge in [-0.15, -0.1) is 0 Å². The Bertz CT molecular complexity index is 767. The van der Waals surface area contributed by atoms with Crippen molar-refractivity contribution in [1.29, 1.82) is 0 Å². The standard InChI is InChI=1S/C23H36N4O2/c1-3-5-20-17-22(8-9-23(20)25)26(12-4-14-28)27(13-15-29)21-7-6-19(10-11-24)18(2)16-21/h6-9,16-17,28-29H,3-5,10-15,24-25H2,1-2H3. The van der Waals surface area contributed by atoms with Gasteiger partial charge in [-0.3, -0.25) is 10.0 Å². The molecular formula is C23H36N4O2. The van der Waals surface area contributed by atoms with Crippen molar-refractivity contribution in [3.63, 3.8) is 0 Å². The first-order valence-corrected chi connectivity index (χ1v) is 10.5. The minimum Gasteiger partial charge on any atom is -0.399 e. The highest BCUT2D eigenvalue weighted by atomic mass is 16.3. The number of nitrogens with zero attached hydrogens (tertiary/aromatic N) is 2. The molecule has 0 saturated carbocycles. The van der Waals surface area contributed by atoms with E-state index < -0.39 is 0 Å². The van der Waals surface area contributed by atoms with Gasteiger partial charge in [0, 0.05) is 18.8 Å². The number of aliphatic hydroxyl groups is 2. The summed E-state index contributed by atoms with van der Waals surface area (Å²) in [4.78, 5) is 0. The zero-order valence-corrected chi connectivity index (χ0v) is 17.8. The fourth-order valence-electron chi connectivity index (χ4n) is 3.61. The molecule has 0 aliphatic rings. The first-order chi connectivity index (χ1) is 14.0. The molecule has 6 nitrogen and oxygen atoms in total. The Morgan fingerprint density at radius 1 is 0.862 bits per heavy atom. The molecule has 6 N–H and O–H groups in total. The third-order valence-corrected chi connectivity index (χ3v) is 5.11. The maximum atomic E-state index is 9.76. The summed E-state index contributed by atoms with van der Waals surface area (Å²) in [5.41, 5.74) is 18.2. The first kappa shape index (κ1) is 23.0. The molecule has 0 radical (unpaired) electrons. The Hall–Kier alpha value is -2.28. The number of aliphatic hydroxyl groups excluding tert-OH is 2. The molecule has 2 rings (SSSR count).